The second-order valence-corrected chi connectivity index (χ2v) is 9.19. The smallest absolute Gasteiger partial charge is 0.238 e. The van der Waals surface area contributed by atoms with Gasteiger partial charge in [-0.1, -0.05) is 35.5 Å². The first-order valence-corrected chi connectivity index (χ1v) is 11.6. The average Bonchev–Trinajstić information content (AvgIpc) is 3.29. The molecular formula is C19H17ClN4O3S2. The topological polar surface area (TPSA) is 104 Å². The van der Waals surface area contributed by atoms with Gasteiger partial charge in [0.1, 0.15) is 0 Å². The molecule has 7 nitrogen and oxygen atoms in total. The summed E-state index contributed by atoms with van der Waals surface area (Å²) < 4.78 is 31.0. The van der Waals surface area contributed by atoms with E-state index < -0.39 is 10.0 Å². The van der Waals surface area contributed by atoms with E-state index in [1.165, 1.54) is 23.9 Å². The number of benzene rings is 2. The Morgan fingerprint density at radius 1 is 1.24 bits per heavy atom. The van der Waals surface area contributed by atoms with E-state index in [1.54, 1.807) is 18.3 Å². The van der Waals surface area contributed by atoms with Crippen LogP contribution in [-0.2, 0) is 22.3 Å². The number of nitrogens with two attached hydrogens (primary N) is 1. The number of aromatic nitrogens is 3. The highest BCUT2D eigenvalue weighted by Gasteiger charge is 2.16. The molecule has 10 heteroatoms. The van der Waals surface area contributed by atoms with E-state index in [0.29, 0.717) is 34.5 Å². The molecule has 0 radical (unpaired) electrons. The van der Waals surface area contributed by atoms with Gasteiger partial charge in [0, 0.05) is 17.1 Å². The number of hydrogen-bond donors (Lipinski definition) is 1. The van der Waals surface area contributed by atoms with Crippen LogP contribution in [-0.4, -0.2) is 23.0 Å². The van der Waals surface area contributed by atoms with Gasteiger partial charge in [-0.25, -0.2) is 23.5 Å². The zero-order valence-electron chi connectivity index (χ0n) is 15.4. The average molecular weight is 449 g/mol. The van der Waals surface area contributed by atoms with Crippen molar-refractivity contribution in [2.75, 3.05) is 0 Å². The molecule has 0 aliphatic carbocycles. The zero-order chi connectivity index (χ0) is 20.6. The Hall–Kier alpha value is -2.33. The molecule has 4 aromatic rings. The molecule has 150 valence electrons. The van der Waals surface area contributed by atoms with E-state index in [0.717, 1.165) is 16.2 Å². The predicted octanol–water partition coefficient (Wildman–Crippen LogP) is 4.30. The third-order valence-corrected chi connectivity index (χ3v) is 6.42. The van der Waals surface area contributed by atoms with E-state index in [9.17, 15) is 8.42 Å². The number of oxazole rings is 1. The predicted molar refractivity (Wildman–Crippen MR) is 113 cm³/mol. The Bertz CT molecular complexity index is 1300. The number of thioether (sulfide) groups is 1. The first kappa shape index (κ1) is 20.0. The van der Waals surface area contributed by atoms with Crippen LogP contribution < -0.4 is 5.14 Å². The fourth-order valence-corrected chi connectivity index (χ4v) is 4.61. The molecule has 0 aliphatic heterocycles. The fourth-order valence-electron chi connectivity index (χ4n) is 2.96. The third-order valence-electron chi connectivity index (χ3n) is 4.32. The van der Waals surface area contributed by atoms with E-state index >= 15 is 0 Å². The standard InChI is InChI=1S/C19H17ClN4O3S2/c1-2-24-16-7-6-14(29(21,25)26)9-15(16)23-19(24)28-11-18-22-10-17(27-18)12-4-3-5-13(20)8-12/h3-10H,2,11H2,1H3,(H2,21,25,26). The number of fused-ring (bicyclic) bond motifs is 1. The number of sulfonamides is 1. The van der Waals surface area contributed by atoms with Crippen LogP contribution in [0.25, 0.3) is 22.4 Å². The fraction of sp³-hybridized carbons (Fsp3) is 0.158. The Morgan fingerprint density at radius 2 is 2.07 bits per heavy atom. The number of halogens is 1. The Morgan fingerprint density at radius 3 is 2.79 bits per heavy atom. The van der Waals surface area contributed by atoms with Gasteiger partial charge in [-0.05, 0) is 37.3 Å². The van der Waals surface area contributed by atoms with Crippen molar-refractivity contribution in [1.82, 2.24) is 14.5 Å². The van der Waals surface area contributed by atoms with Crippen molar-refractivity contribution in [3.05, 3.63) is 59.6 Å². The van der Waals surface area contributed by atoms with Crippen LogP contribution in [0.4, 0.5) is 0 Å². The molecule has 0 saturated carbocycles. The van der Waals surface area contributed by atoms with Gasteiger partial charge in [-0.2, -0.15) is 0 Å². The minimum Gasteiger partial charge on any atom is -0.440 e. The van der Waals surface area contributed by atoms with Gasteiger partial charge in [0.2, 0.25) is 15.9 Å². The van der Waals surface area contributed by atoms with Crippen LogP contribution in [0.1, 0.15) is 12.8 Å². The van der Waals surface area contributed by atoms with Gasteiger partial charge in [-0.3, -0.25) is 0 Å². The summed E-state index contributed by atoms with van der Waals surface area (Å²) in [6, 6.07) is 12.1. The number of primary sulfonamides is 1. The van der Waals surface area contributed by atoms with Crippen molar-refractivity contribution in [2.24, 2.45) is 5.14 Å². The van der Waals surface area contributed by atoms with Crippen LogP contribution in [0.2, 0.25) is 5.02 Å². The van der Waals surface area contributed by atoms with Crippen LogP contribution in [0.5, 0.6) is 0 Å². The molecule has 0 bridgehead atoms. The number of nitrogens with zero attached hydrogens (tertiary/aromatic N) is 3. The maximum absolute atomic E-state index is 11.6. The molecule has 2 N–H and O–H groups in total. The van der Waals surface area contributed by atoms with Crippen molar-refractivity contribution < 1.29 is 12.8 Å². The summed E-state index contributed by atoms with van der Waals surface area (Å²) in [7, 11) is -3.78. The van der Waals surface area contributed by atoms with Crippen LogP contribution in [0, 0.1) is 0 Å². The minimum atomic E-state index is -3.78. The lowest BCUT2D eigenvalue weighted by atomic mass is 10.2. The van der Waals surface area contributed by atoms with Crippen LogP contribution >= 0.6 is 23.4 Å². The van der Waals surface area contributed by atoms with Gasteiger partial charge < -0.3 is 8.98 Å². The largest absolute Gasteiger partial charge is 0.440 e. The number of imidazole rings is 1. The highest BCUT2D eigenvalue weighted by atomic mass is 35.5. The summed E-state index contributed by atoms with van der Waals surface area (Å²) in [6.45, 7) is 2.69. The molecule has 0 amide bonds. The minimum absolute atomic E-state index is 0.0427. The molecule has 2 aromatic heterocycles. The summed E-state index contributed by atoms with van der Waals surface area (Å²) >= 11 is 7.50. The SMILES string of the molecule is CCn1c(SCc2ncc(-c3cccc(Cl)c3)o2)nc2cc(S(N)(=O)=O)ccc21. The highest BCUT2D eigenvalue weighted by Crippen LogP contribution is 2.29. The summed E-state index contributed by atoms with van der Waals surface area (Å²) in [5.74, 6) is 1.68. The van der Waals surface area contributed by atoms with E-state index in [2.05, 4.69) is 9.97 Å². The zero-order valence-corrected chi connectivity index (χ0v) is 17.8. The normalized spacial score (nSPS) is 12.0. The number of aryl methyl sites for hydroxylation is 1. The van der Waals surface area contributed by atoms with Crippen molar-refractivity contribution >= 4 is 44.4 Å². The lowest BCUT2D eigenvalue weighted by Gasteiger charge is -2.04. The Labute approximate surface area is 177 Å². The summed E-state index contributed by atoms with van der Waals surface area (Å²) in [6.07, 6.45) is 1.67. The monoisotopic (exact) mass is 448 g/mol. The van der Waals surface area contributed by atoms with Crippen molar-refractivity contribution in [3.63, 3.8) is 0 Å². The number of rotatable bonds is 6. The molecule has 0 aliphatic rings. The second kappa shape index (κ2) is 7.83. The summed E-state index contributed by atoms with van der Waals surface area (Å²) in [5.41, 5.74) is 2.28. The molecule has 2 aromatic carbocycles. The van der Waals surface area contributed by atoms with Crippen LogP contribution in [0.3, 0.4) is 0 Å². The molecule has 0 unspecified atom stereocenters. The van der Waals surface area contributed by atoms with Gasteiger partial charge in [-0.15, -0.1) is 0 Å². The number of hydrogen-bond acceptors (Lipinski definition) is 6. The molecule has 0 saturated heterocycles. The molecule has 0 fully saturated rings. The molecule has 2 heterocycles. The maximum Gasteiger partial charge on any atom is 0.238 e. The van der Waals surface area contributed by atoms with E-state index in [1.807, 2.05) is 29.7 Å². The van der Waals surface area contributed by atoms with Crippen LogP contribution in [0.15, 0.2) is 63.1 Å². The highest BCUT2D eigenvalue weighted by molar-refractivity contribution is 7.98. The van der Waals surface area contributed by atoms with Gasteiger partial charge in [0.15, 0.2) is 10.9 Å². The Kier molecular flexibility index (Phi) is 5.39. The lowest BCUT2D eigenvalue weighted by molar-refractivity contribution is 0.529. The van der Waals surface area contributed by atoms with Crippen molar-refractivity contribution in [2.45, 2.75) is 29.3 Å². The molecule has 29 heavy (non-hydrogen) atoms. The first-order chi connectivity index (χ1) is 13.8. The maximum atomic E-state index is 11.6. The molecule has 0 atom stereocenters. The molecule has 0 spiro atoms. The van der Waals surface area contributed by atoms with Crippen molar-refractivity contribution in [1.29, 1.82) is 0 Å². The third kappa shape index (κ3) is 4.18. The molecule has 4 rings (SSSR count). The van der Waals surface area contributed by atoms with E-state index in [-0.39, 0.29) is 4.90 Å². The van der Waals surface area contributed by atoms with E-state index in [4.69, 9.17) is 21.2 Å². The quantitative estimate of drug-likeness (QED) is 0.441. The van der Waals surface area contributed by atoms with Gasteiger partial charge in [0.25, 0.3) is 0 Å². The van der Waals surface area contributed by atoms with Crippen molar-refractivity contribution in [3.8, 4) is 11.3 Å². The summed E-state index contributed by atoms with van der Waals surface area (Å²) in [4.78, 5) is 8.94. The van der Waals surface area contributed by atoms with Gasteiger partial charge >= 0.3 is 0 Å². The Balaban J connectivity index is 1.58. The first-order valence-electron chi connectivity index (χ1n) is 8.71. The molecular weight excluding hydrogens is 432 g/mol. The van der Waals surface area contributed by atoms with Gasteiger partial charge in [0.05, 0.1) is 27.9 Å². The second-order valence-electron chi connectivity index (χ2n) is 6.25. The summed E-state index contributed by atoms with van der Waals surface area (Å²) in [5, 5.41) is 6.60. The lowest BCUT2D eigenvalue weighted by Crippen LogP contribution is -2.11.